The summed E-state index contributed by atoms with van der Waals surface area (Å²) in [4.78, 5) is 3.02. The highest BCUT2D eigenvalue weighted by Gasteiger charge is 2.16. The van der Waals surface area contributed by atoms with E-state index in [2.05, 4.69) is 4.85 Å². The second kappa shape index (κ2) is 3.35. The second-order valence-electron chi connectivity index (χ2n) is 2.19. The van der Waals surface area contributed by atoms with Gasteiger partial charge in [0.05, 0.1) is 6.57 Å². The molecule has 0 atom stereocenters. The molecule has 0 heterocycles. The standard InChI is InChI=1S/C7H5BFNO2/c1-10-5-2-3-7(9)6(4-5)8(11)12/h2-4,11-12H. The van der Waals surface area contributed by atoms with E-state index in [1.165, 1.54) is 6.07 Å². The molecule has 0 radical (unpaired) electrons. The highest BCUT2D eigenvalue weighted by molar-refractivity contribution is 6.58. The van der Waals surface area contributed by atoms with Gasteiger partial charge in [0, 0.05) is 5.46 Å². The summed E-state index contributed by atoms with van der Waals surface area (Å²) >= 11 is 0. The van der Waals surface area contributed by atoms with Gasteiger partial charge in [0.2, 0.25) is 0 Å². The molecule has 12 heavy (non-hydrogen) atoms. The normalized spacial score (nSPS) is 9.17. The van der Waals surface area contributed by atoms with E-state index < -0.39 is 12.9 Å². The van der Waals surface area contributed by atoms with Gasteiger partial charge in [-0.15, -0.1) is 0 Å². The summed E-state index contributed by atoms with van der Waals surface area (Å²) in [6.45, 7) is 6.59. The predicted octanol–water partition coefficient (Wildman–Crippen LogP) is 0.0563. The Morgan fingerprint density at radius 3 is 2.58 bits per heavy atom. The maximum absolute atomic E-state index is 12.7. The summed E-state index contributed by atoms with van der Waals surface area (Å²) < 4.78 is 12.7. The van der Waals surface area contributed by atoms with Crippen LogP contribution >= 0.6 is 0 Å². The van der Waals surface area contributed by atoms with E-state index in [0.717, 1.165) is 12.1 Å². The Morgan fingerprint density at radius 1 is 1.42 bits per heavy atom. The molecule has 0 spiro atoms. The molecule has 0 aliphatic rings. The van der Waals surface area contributed by atoms with Crippen LogP contribution in [0.2, 0.25) is 0 Å². The topological polar surface area (TPSA) is 44.8 Å². The van der Waals surface area contributed by atoms with Crippen molar-refractivity contribution in [2.24, 2.45) is 0 Å². The summed E-state index contributed by atoms with van der Waals surface area (Å²) in [7, 11) is -1.87. The van der Waals surface area contributed by atoms with Crippen LogP contribution in [0.1, 0.15) is 0 Å². The Bertz CT molecular complexity index is 335. The van der Waals surface area contributed by atoms with Crippen molar-refractivity contribution in [1.29, 1.82) is 0 Å². The molecule has 0 saturated heterocycles. The molecule has 0 bridgehead atoms. The minimum absolute atomic E-state index is 0.180. The highest BCUT2D eigenvalue weighted by Crippen LogP contribution is 2.10. The molecule has 0 fully saturated rings. The maximum atomic E-state index is 12.7. The molecule has 1 aromatic rings. The molecule has 2 N–H and O–H groups in total. The number of benzene rings is 1. The quantitative estimate of drug-likeness (QED) is 0.456. The summed E-state index contributed by atoms with van der Waals surface area (Å²) in [6.07, 6.45) is 0. The molecule has 0 amide bonds. The zero-order valence-electron chi connectivity index (χ0n) is 6.03. The zero-order chi connectivity index (χ0) is 9.14. The van der Waals surface area contributed by atoms with Crippen molar-refractivity contribution >= 4 is 18.3 Å². The Balaban J connectivity index is 3.19. The molecule has 1 rings (SSSR count). The van der Waals surface area contributed by atoms with Gasteiger partial charge >= 0.3 is 7.12 Å². The third kappa shape index (κ3) is 1.61. The first-order valence-corrected chi connectivity index (χ1v) is 3.18. The molecule has 3 nitrogen and oxygen atoms in total. The predicted molar refractivity (Wildman–Crippen MR) is 42.5 cm³/mol. The van der Waals surface area contributed by atoms with Gasteiger partial charge in [0.15, 0.2) is 5.69 Å². The van der Waals surface area contributed by atoms with E-state index in [0.29, 0.717) is 0 Å². The van der Waals surface area contributed by atoms with E-state index in [1.54, 1.807) is 0 Å². The molecule has 0 unspecified atom stereocenters. The van der Waals surface area contributed by atoms with Gasteiger partial charge < -0.3 is 10.0 Å². The molecule has 5 heteroatoms. The van der Waals surface area contributed by atoms with Gasteiger partial charge in [-0.1, -0.05) is 12.1 Å². The van der Waals surface area contributed by atoms with Crippen LogP contribution in [0.4, 0.5) is 10.1 Å². The summed E-state index contributed by atoms with van der Waals surface area (Å²) in [5.74, 6) is -0.725. The highest BCUT2D eigenvalue weighted by atomic mass is 19.1. The van der Waals surface area contributed by atoms with Gasteiger partial charge in [-0.05, 0) is 6.07 Å². The van der Waals surface area contributed by atoms with Crippen molar-refractivity contribution in [2.45, 2.75) is 0 Å². The molecule has 0 saturated carbocycles. The lowest BCUT2D eigenvalue weighted by atomic mass is 9.80. The minimum atomic E-state index is -1.87. The van der Waals surface area contributed by atoms with Gasteiger partial charge in [0.25, 0.3) is 0 Å². The molecule has 0 aliphatic heterocycles. The lowest BCUT2D eigenvalue weighted by molar-refractivity contribution is 0.423. The monoisotopic (exact) mass is 165 g/mol. The Hall–Kier alpha value is -1.38. The summed E-state index contributed by atoms with van der Waals surface area (Å²) in [6, 6.07) is 3.41. The van der Waals surface area contributed by atoms with E-state index in [4.69, 9.17) is 16.6 Å². The largest absolute Gasteiger partial charge is 0.490 e. The first kappa shape index (κ1) is 8.72. The van der Waals surface area contributed by atoms with Crippen LogP contribution < -0.4 is 5.46 Å². The van der Waals surface area contributed by atoms with Crippen LogP contribution in [-0.4, -0.2) is 17.2 Å². The molecular formula is C7H5BFNO2. The Labute approximate surface area is 69.0 Å². The van der Waals surface area contributed by atoms with Crippen molar-refractivity contribution in [1.82, 2.24) is 0 Å². The lowest BCUT2D eigenvalue weighted by Gasteiger charge is -2.00. The zero-order valence-corrected chi connectivity index (χ0v) is 6.03. The number of hydrogen-bond acceptors (Lipinski definition) is 2. The fraction of sp³-hybridized carbons (Fsp3) is 0. The van der Waals surface area contributed by atoms with Crippen molar-refractivity contribution < 1.29 is 14.4 Å². The van der Waals surface area contributed by atoms with E-state index in [9.17, 15) is 4.39 Å². The molecule has 60 valence electrons. The second-order valence-corrected chi connectivity index (χ2v) is 2.19. The fourth-order valence-corrected chi connectivity index (χ4v) is 0.799. The maximum Gasteiger partial charge on any atom is 0.490 e. The number of nitrogens with zero attached hydrogens (tertiary/aromatic N) is 1. The van der Waals surface area contributed by atoms with Crippen LogP contribution in [0.15, 0.2) is 18.2 Å². The van der Waals surface area contributed by atoms with Crippen LogP contribution in [0.25, 0.3) is 4.85 Å². The van der Waals surface area contributed by atoms with Crippen LogP contribution in [-0.2, 0) is 0 Å². The number of hydrogen-bond donors (Lipinski definition) is 2. The van der Waals surface area contributed by atoms with Gasteiger partial charge in [-0.2, -0.15) is 0 Å². The SMILES string of the molecule is [C-]#[N+]c1ccc(F)c(B(O)O)c1. The lowest BCUT2D eigenvalue weighted by Crippen LogP contribution is -2.32. The smallest absolute Gasteiger partial charge is 0.423 e. The van der Waals surface area contributed by atoms with Gasteiger partial charge in [-0.25, -0.2) is 9.24 Å². The fourth-order valence-electron chi connectivity index (χ4n) is 0.799. The van der Waals surface area contributed by atoms with Crippen LogP contribution in [0.5, 0.6) is 0 Å². The molecule has 0 aromatic heterocycles. The van der Waals surface area contributed by atoms with Crippen LogP contribution in [0.3, 0.4) is 0 Å². The Morgan fingerprint density at radius 2 is 2.08 bits per heavy atom. The Kier molecular flexibility index (Phi) is 2.43. The summed E-state index contributed by atoms with van der Waals surface area (Å²) in [5.41, 5.74) is -0.0944. The van der Waals surface area contributed by atoms with Crippen LogP contribution in [0, 0.1) is 12.4 Å². The first-order valence-electron chi connectivity index (χ1n) is 3.18. The van der Waals surface area contributed by atoms with Crippen molar-refractivity contribution in [3.8, 4) is 0 Å². The van der Waals surface area contributed by atoms with E-state index in [1.807, 2.05) is 0 Å². The third-order valence-corrected chi connectivity index (χ3v) is 1.39. The van der Waals surface area contributed by atoms with Gasteiger partial charge in [-0.3, -0.25) is 0 Å². The minimum Gasteiger partial charge on any atom is -0.423 e. The number of halogens is 1. The van der Waals surface area contributed by atoms with E-state index in [-0.39, 0.29) is 11.2 Å². The van der Waals surface area contributed by atoms with Crippen molar-refractivity contribution in [2.75, 3.05) is 0 Å². The average molecular weight is 165 g/mol. The average Bonchev–Trinajstić information content (AvgIpc) is 2.05. The number of rotatable bonds is 1. The first-order chi connectivity index (χ1) is 5.65. The van der Waals surface area contributed by atoms with Gasteiger partial charge in [0.1, 0.15) is 5.82 Å². The molecule has 0 aliphatic carbocycles. The third-order valence-electron chi connectivity index (χ3n) is 1.39. The summed E-state index contributed by atoms with van der Waals surface area (Å²) in [5, 5.41) is 17.3. The molecule has 1 aromatic carbocycles. The van der Waals surface area contributed by atoms with Crippen molar-refractivity contribution in [3.05, 3.63) is 35.4 Å². The molecular weight excluding hydrogens is 160 g/mol. The van der Waals surface area contributed by atoms with Crippen molar-refractivity contribution in [3.63, 3.8) is 0 Å². The van der Waals surface area contributed by atoms with E-state index >= 15 is 0 Å².